The molecule has 0 heterocycles. The number of rotatable bonds is 10. The number of hydrogen-bond donors (Lipinski definition) is 2. The second kappa shape index (κ2) is 12.1. The van der Waals surface area contributed by atoms with Crippen molar-refractivity contribution in [2.75, 3.05) is 32.8 Å². The standard InChI is InChI=1S/C14H27N3O4/c1-4-7-8-15-14(20)16-12(18)10-17(9-5-2)11-13(19)21-6-3/h4-11H2,1-3H3,(H2,15,16,18,20). The third-order valence-electron chi connectivity index (χ3n) is 2.63. The lowest BCUT2D eigenvalue weighted by Crippen LogP contribution is -2.46. The van der Waals surface area contributed by atoms with Crippen molar-refractivity contribution < 1.29 is 19.1 Å². The summed E-state index contributed by atoms with van der Waals surface area (Å²) < 4.78 is 4.86. The van der Waals surface area contributed by atoms with Gasteiger partial charge in [0.25, 0.3) is 0 Å². The molecule has 0 aliphatic heterocycles. The topological polar surface area (TPSA) is 87.7 Å². The fourth-order valence-electron chi connectivity index (χ4n) is 1.71. The lowest BCUT2D eigenvalue weighted by atomic mass is 10.3. The summed E-state index contributed by atoms with van der Waals surface area (Å²) in [6, 6.07) is -0.499. The van der Waals surface area contributed by atoms with Crippen LogP contribution in [-0.2, 0) is 14.3 Å². The number of nitrogens with zero attached hydrogens (tertiary/aromatic N) is 1. The van der Waals surface area contributed by atoms with E-state index in [4.69, 9.17) is 4.74 Å². The minimum absolute atomic E-state index is 0.00610. The first-order chi connectivity index (χ1) is 10.0. The van der Waals surface area contributed by atoms with Crippen LogP contribution in [0.15, 0.2) is 0 Å². The molecule has 0 aromatic heterocycles. The minimum atomic E-state index is -0.499. The highest BCUT2D eigenvalue weighted by atomic mass is 16.5. The summed E-state index contributed by atoms with van der Waals surface area (Å²) >= 11 is 0. The molecule has 0 unspecified atom stereocenters. The van der Waals surface area contributed by atoms with Gasteiger partial charge in [-0.15, -0.1) is 0 Å². The lowest BCUT2D eigenvalue weighted by Gasteiger charge is -2.19. The number of carbonyl (C=O) groups excluding carboxylic acids is 3. The molecule has 2 N–H and O–H groups in total. The van der Waals surface area contributed by atoms with Crippen LogP contribution in [0.2, 0.25) is 0 Å². The molecule has 0 fully saturated rings. The van der Waals surface area contributed by atoms with Crippen molar-refractivity contribution >= 4 is 17.9 Å². The Balaban J connectivity index is 4.15. The van der Waals surface area contributed by atoms with E-state index in [1.54, 1.807) is 11.8 Å². The fourth-order valence-corrected chi connectivity index (χ4v) is 1.71. The maximum absolute atomic E-state index is 11.7. The first-order valence-electron chi connectivity index (χ1n) is 7.49. The minimum Gasteiger partial charge on any atom is -0.465 e. The van der Waals surface area contributed by atoms with Crippen molar-refractivity contribution in [1.82, 2.24) is 15.5 Å². The summed E-state index contributed by atoms with van der Waals surface area (Å²) in [6.07, 6.45) is 2.64. The van der Waals surface area contributed by atoms with E-state index < -0.39 is 11.9 Å². The third kappa shape index (κ3) is 10.8. The Labute approximate surface area is 126 Å². The molecule has 0 aromatic carbocycles. The van der Waals surface area contributed by atoms with Crippen LogP contribution in [0.1, 0.15) is 40.0 Å². The van der Waals surface area contributed by atoms with Gasteiger partial charge in [0.1, 0.15) is 0 Å². The van der Waals surface area contributed by atoms with Crippen LogP contribution in [0, 0.1) is 0 Å². The van der Waals surface area contributed by atoms with Crippen molar-refractivity contribution in [3.05, 3.63) is 0 Å². The molecular weight excluding hydrogens is 274 g/mol. The van der Waals surface area contributed by atoms with Crippen LogP contribution in [0.5, 0.6) is 0 Å². The largest absolute Gasteiger partial charge is 0.465 e. The SMILES string of the molecule is CCCCNC(=O)NC(=O)CN(CCC)CC(=O)OCC. The van der Waals surface area contributed by atoms with E-state index >= 15 is 0 Å². The summed E-state index contributed by atoms with van der Waals surface area (Å²) in [5.74, 6) is -0.798. The molecule has 0 atom stereocenters. The second-order valence-electron chi connectivity index (χ2n) is 4.67. The van der Waals surface area contributed by atoms with E-state index in [0.717, 1.165) is 19.3 Å². The summed E-state index contributed by atoms with van der Waals surface area (Å²) in [5, 5.41) is 4.85. The van der Waals surface area contributed by atoms with Gasteiger partial charge in [-0.3, -0.25) is 19.8 Å². The van der Waals surface area contributed by atoms with Gasteiger partial charge >= 0.3 is 12.0 Å². The highest BCUT2D eigenvalue weighted by Crippen LogP contribution is 1.93. The third-order valence-corrected chi connectivity index (χ3v) is 2.63. The van der Waals surface area contributed by atoms with Crippen LogP contribution in [0.25, 0.3) is 0 Å². The number of nitrogens with one attached hydrogen (secondary N) is 2. The van der Waals surface area contributed by atoms with Gasteiger partial charge in [-0.2, -0.15) is 0 Å². The van der Waals surface area contributed by atoms with E-state index in [1.807, 2.05) is 13.8 Å². The van der Waals surface area contributed by atoms with Gasteiger partial charge < -0.3 is 10.1 Å². The quantitative estimate of drug-likeness (QED) is 0.462. The molecule has 0 saturated carbocycles. The molecule has 3 amide bonds. The van der Waals surface area contributed by atoms with Crippen LogP contribution in [-0.4, -0.2) is 55.6 Å². The van der Waals surface area contributed by atoms with Crippen LogP contribution < -0.4 is 10.6 Å². The summed E-state index contributed by atoms with van der Waals surface area (Å²) in [6.45, 7) is 7.18. The molecule has 0 aromatic rings. The van der Waals surface area contributed by atoms with Crippen molar-refractivity contribution in [2.45, 2.75) is 40.0 Å². The Morgan fingerprint density at radius 3 is 2.33 bits per heavy atom. The Hall–Kier alpha value is -1.63. The molecule has 0 aliphatic rings. The van der Waals surface area contributed by atoms with E-state index in [1.165, 1.54) is 0 Å². The normalized spacial score (nSPS) is 10.3. The smallest absolute Gasteiger partial charge is 0.321 e. The van der Waals surface area contributed by atoms with Gasteiger partial charge in [0.15, 0.2) is 0 Å². The monoisotopic (exact) mass is 301 g/mol. The molecule has 7 heteroatoms. The molecule has 0 spiro atoms. The summed E-state index contributed by atoms with van der Waals surface area (Å²) in [4.78, 5) is 36.3. The summed E-state index contributed by atoms with van der Waals surface area (Å²) in [5.41, 5.74) is 0. The molecule has 0 saturated heterocycles. The van der Waals surface area contributed by atoms with Gasteiger partial charge in [0.2, 0.25) is 5.91 Å². The summed E-state index contributed by atoms with van der Waals surface area (Å²) in [7, 11) is 0. The average molecular weight is 301 g/mol. The molecule has 7 nitrogen and oxygen atoms in total. The number of unbranched alkanes of at least 4 members (excludes halogenated alkanes) is 1. The highest BCUT2D eigenvalue weighted by Gasteiger charge is 2.16. The zero-order chi connectivity index (χ0) is 16.1. The van der Waals surface area contributed by atoms with Gasteiger partial charge in [0, 0.05) is 6.54 Å². The molecule has 0 bridgehead atoms. The van der Waals surface area contributed by atoms with Gasteiger partial charge in [-0.05, 0) is 26.3 Å². The van der Waals surface area contributed by atoms with E-state index in [-0.39, 0.29) is 19.1 Å². The van der Waals surface area contributed by atoms with E-state index in [9.17, 15) is 14.4 Å². The molecule has 0 rings (SSSR count). The molecule has 122 valence electrons. The predicted octanol–water partition coefficient (Wildman–Crippen LogP) is 0.887. The van der Waals surface area contributed by atoms with Crippen LogP contribution >= 0.6 is 0 Å². The zero-order valence-electron chi connectivity index (χ0n) is 13.2. The maximum atomic E-state index is 11.7. The van der Waals surface area contributed by atoms with Crippen LogP contribution in [0.3, 0.4) is 0 Å². The van der Waals surface area contributed by atoms with E-state index in [0.29, 0.717) is 19.7 Å². The highest BCUT2D eigenvalue weighted by molar-refractivity contribution is 5.95. The Morgan fingerprint density at radius 1 is 1.05 bits per heavy atom. The Bertz CT molecular complexity index is 334. The van der Waals surface area contributed by atoms with Crippen LogP contribution in [0.4, 0.5) is 4.79 Å². The number of imide groups is 1. The number of esters is 1. The molecule has 0 aliphatic carbocycles. The molecular formula is C14H27N3O4. The van der Waals surface area contributed by atoms with Gasteiger partial charge in [-0.1, -0.05) is 20.3 Å². The molecule has 21 heavy (non-hydrogen) atoms. The zero-order valence-corrected chi connectivity index (χ0v) is 13.2. The maximum Gasteiger partial charge on any atom is 0.321 e. The number of carbonyl (C=O) groups is 3. The van der Waals surface area contributed by atoms with Gasteiger partial charge in [-0.25, -0.2) is 4.79 Å². The van der Waals surface area contributed by atoms with Crippen molar-refractivity contribution in [2.24, 2.45) is 0 Å². The first kappa shape index (κ1) is 19.4. The Kier molecular flexibility index (Phi) is 11.2. The van der Waals surface area contributed by atoms with E-state index in [2.05, 4.69) is 10.6 Å². The number of amides is 3. The van der Waals surface area contributed by atoms with Gasteiger partial charge in [0.05, 0.1) is 19.7 Å². The first-order valence-corrected chi connectivity index (χ1v) is 7.49. The van der Waals surface area contributed by atoms with Crippen molar-refractivity contribution in [3.63, 3.8) is 0 Å². The second-order valence-corrected chi connectivity index (χ2v) is 4.67. The predicted molar refractivity (Wildman–Crippen MR) is 79.8 cm³/mol. The average Bonchev–Trinajstić information content (AvgIpc) is 2.39. The Morgan fingerprint density at radius 2 is 1.76 bits per heavy atom. The van der Waals surface area contributed by atoms with Crippen molar-refractivity contribution in [1.29, 1.82) is 0 Å². The fraction of sp³-hybridized carbons (Fsp3) is 0.786. The van der Waals surface area contributed by atoms with Crippen molar-refractivity contribution in [3.8, 4) is 0 Å². The number of hydrogen-bond acceptors (Lipinski definition) is 5. The lowest BCUT2D eigenvalue weighted by molar-refractivity contribution is -0.144. The molecule has 0 radical (unpaired) electrons. The number of urea groups is 1. The number of ether oxygens (including phenoxy) is 1.